The molecule has 0 fully saturated rings. The Balaban J connectivity index is 3.71. The van der Waals surface area contributed by atoms with Crippen molar-refractivity contribution in [1.82, 2.24) is 0 Å². The zero-order valence-corrected chi connectivity index (χ0v) is 14.9. The van der Waals surface area contributed by atoms with Crippen LogP contribution in [0.15, 0.2) is 12.7 Å². The molecule has 0 rings (SSSR count). The van der Waals surface area contributed by atoms with Crippen molar-refractivity contribution >= 4 is 17.9 Å². The Labute approximate surface area is 145 Å². The number of carboxylic acid groups (broad SMARTS) is 1. The van der Waals surface area contributed by atoms with Gasteiger partial charge in [0.2, 0.25) is 0 Å². The van der Waals surface area contributed by atoms with Gasteiger partial charge in [-0.25, -0.2) is 4.79 Å². The summed E-state index contributed by atoms with van der Waals surface area (Å²) in [6.45, 7) is 5.39. The van der Waals surface area contributed by atoms with Crippen molar-refractivity contribution < 1.29 is 24.2 Å². The molecule has 1 unspecified atom stereocenters. The number of ether oxygens (including phenoxy) is 1. The van der Waals surface area contributed by atoms with E-state index in [4.69, 9.17) is 5.11 Å². The van der Waals surface area contributed by atoms with Gasteiger partial charge in [0, 0.05) is 6.08 Å². The Morgan fingerprint density at radius 1 is 0.917 bits per heavy atom. The summed E-state index contributed by atoms with van der Waals surface area (Å²) in [5.74, 6) is -4.43. The second-order valence-corrected chi connectivity index (χ2v) is 6.16. The van der Waals surface area contributed by atoms with Crippen molar-refractivity contribution in [2.75, 3.05) is 0 Å². The summed E-state index contributed by atoms with van der Waals surface area (Å²) in [6.07, 6.45) is 13.8. The second-order valence-electron chi connectivity index (χ2n) is 6.16. The first-order valence-corrected chi connectivity index (χ1v) is 9.13. The van der Waals surface area contributed by atoms with Crippen molar-refractivity contribution in [3.05, 3.63) is 12.7 Å². The predicted molar refractivity (Wildman–Crippen MR) is 93.5 cm³/mol. The summed E-state index contributed by atoms with van der Waals surface area (Å²) < 4.78 is 4.40. The highest BCUT2D eigenvalue weighted by atomic mass is 16.6. The lowest BCUT2D eigenvalue weighted by molar-refractivity contribution is -0.164. The van der Waals surface area contributed by atoms with Crippen LogP contribution in [-0.4, -0.2) is 23.0 Å². The molecule has 5 nitrogen and oxygen atoms in total. The Morgan fingerprint density at radius 2 is 1.38 bits per heavy atom. The molecule has 0 aromatic carbocycles. The van der Waals surface area contributed by atoms with Gasteiger partial charge in [0.05, 0.1) is 0 Å². The summed E-state index contributed by atoms with van der Waals surface area (Å²) in [5.41, 5.74) is 0. The Bertz CT molecular complexity index is 389. The monoisotopic (exact) mass is 340 g/mol. The van der Waals surface area contributed by atoms with Crippen LogP contribution in [0.25, 0.3) is 0 Å². The van der Waals surface area contributed by atoms with E-state index in [2.05, 4.69) is 18.2 Å². The van der Waals surface area contributed by atoms with E-state index in [9.17, 15) is 14.4 Å². The third-order valence-corrected chi connectivity index (χ3v) is 4.05. The molecule has 0 aliphatic carbocycles. The van der Waals surface area contributed by atoms with Crippen molar-refractivity contribution in [2.24, 2.45) is 5.92 Å². The second kappa shape index (κ2) is 14.9. The average molecular weight is 340 g/mol. The molecular formula is C19H32O5. The maximum atomic E-state index is 11.6. The highest BCUT2D eigenvalue weighted by Crippen LogP contribution is 2.15. The molecule has 0 aromatic rings. The van der Waals surface area contributed by atoms with Gasteiger partial charge in [-0.15, -0.1) is 0 Å². The summed E-state index contributed by atoms with van der Waals surface area (Å²) >= 11 is 0. The van der Waals surface area contributed by atoms with Crippen LogP contribution in [0.3, 0.4) is 0 Å². The van der Waals surface area contributed by atoms with Gasteiger partial charge in [0.1, 0.15) is 0 Å². The summed E-state index contributed by atoms with van der Waals surface area (Å²) in [6, 6.07) is 0. The Hall–Kier alpha value is -1.65. The Kier molecular flexibility index (Phi) is 13.9. The fourth-order valence-electron chi connectivity index (χ4n) is 2.57. The quantitative estimate of drug-likeness (QED) is 0.203. The standard InChI is InChI=1S/C19H32O5/c1-3-5-6-7-8-9-10-11-12-13-14-15-16(18(21)22)19(23)24-17(20)4-2/h4,16H,2-3,5-15H2,1H3,(H,21,22). The Morgan fingerprint density at radius 3 is 1.79 bits per heavy atom. The van der Waals surface area contributed by atoms with Crippen LogP contribution in [0, 0.1) is 5.92 Å². The smallest absolute Gasteiger partial charge is 0.337 e. The lowest BCUT2D eigenvalue weighted by Gasteiger charge is -2.10. The van der Waals surface area contributed by atoms with Crippen LogP contribution < -0.4 is 0 Å². The largest absolute Gasteiger partial charge is 0.481 e. The fourth-order valence-corrected chi connectivity index (χ4v) is 2.57. The first-order chi connectivity index (χ1) is 11.5. The summed E-state index contributed by atoms with van der Waals surface area (Å²) in [5, 5.41) is 9.05. The van der Waals surface area contributed by atoms with E-state index >= 15 is 0 Å². The topological polar surface area (TPSA) is 80.7 Å². The van der Waals surface area contributed by atoms with Crippen LogP contribution in [0.1, 0.15) is 84.0 Å². The van der Waals surface area contributed by atoms with E-state index in [1.807, 2.05) is 0 Å². The highest BCUT2D eigenvalue weighted by Gasteiger charge is 2.28. The molecule has 0 saturated carbocycles. The first kappa shape index (κ1) is 22.4. The SMILES string of the molecule is C=CC(=O)OC(=O)C(CCCCCCCCCCCCC)C(=O)O. The molecule has 1 N–H and O–H groups in total. The number of carbonyl (C=O) groups is 3. The summed E-state index contributed by atoms with van der Waals surface area (Å²) in [4.78, 5) is 33.6. The van der Waals surface area contributed by atoms with Gasteiger partial charge in [-0.05, 0) is 6.42 Å². The van der Waals surface area contributed by atoms with E-state index < -0.39 is 23.8 Å². The minimum Gasteiger partial charge on any atom is -0.481 e. The van der Waals surface area contributed by atoms with E-state index in [0.717, 1.165) is 25.3 Å². The zero-order valence-electron chi connectivity index (χ0n) is 14.9. The number of carboxylic acids is 1. The van der Waals surface area contributed by atoms with Crippen molar-refractivity contribution in [3.8, 4) is 0 Å². The number of carbonyl (C=O) groups excluding carboxylic acids is 2. The molecule has 0 heterocycles. The van der Waals surface area contributed by atoms with Gasteiger partial charge >= 0.3 is 17.9 Å². The van der Waals surface area contributed by atoms with Gasteiger partial charge < -0.3 is 9.84 Å². The third kappa shape index (κ3) is 11.9. The van der Waals surface area contributed by atoms with Crippen LogP contribution in [-0.2, 0) is 19.1 Å². The molecule has 5 heteroatoms. The normalized spacial score (nSPS) is 11.7. The third-order valence-electron chi connectivity index (χ3n) is 4.05. The van der Waals surface area contributed by atoms with Crippen LogP contribution >= 0.6 is 0 Å². The van der Waals surface area contributed by atoms with Gasteiger partial charge in [0.15, 0.2) is 5.92 Å². The van der Waals surface area contributed by atoms with Gasteiger partial charge in [-0.2, -0.15) is 0 Å². The van der Waals surface area contributed by atoms with E-state index in [0.29, 0.717) is 6.42 Å². The minimum atomic E-state index is -1.27. The molecular weight excluding hydrogens is 308 g/mol. The van der Waals surface area contributed by atoms with E-state index in [1.54, 1.807) is 0 Å². The first-order valence-electron chi connectivity index (χ1n) is 9.13. The van der Waals surface area contributed by atoms with Gasteiger partial charge in [-0.1, -0.05) is 84.1 Å². The van der Waals surface area contributed by atoms with Crippen LogP contribution in [0.5, 0.6) is 0 Å². The average Bonchev–Trinajstić information content (AvgIpc) is 2.55. The molecule has 0 bridgehead atoms. The molecule has 0 aromatic heterocycles. The molecule has 0 saturated heterocycles. The number of aliphatic carboxylic acids is 1. The molecule has 138 valence electrons. The maximum Gasteiger partial charge on any atom is 0.337 e. The zero-order chi connectivity index (χ0) is 18.2. The lowest BCUT2D eigenvalue weighted by Crippen LogP contribution is -2.27. The van der Waals surface area contributed by atoms with Crippen LogP contribution in [0.2, 0.25) is 0 Å². The highest BCUT2D eigenvalue weighted by molar-refractivity contribution is 6.00. The molecule has 0 radical (unpaired) electrons. The molecule has 0 aliphatic rings. The molecule has 24 heavy (non-hydrogen) atoms. The van der Waals surface area contributed by atoms with Crippen molar-refractivity contribution in [1.29, 1.82) is 0 Å². The number of hydrogen-bond donors (Lipinski definition) is 1. The fraction of sp³-hybridized carbons (Fsp3) is 0.737. The summed E-state index contributed by atoms with van der Waals surface area (Å²) in [7, 11) is 0. The lowest BCUT2D eigenvalue weighted by atomic mass is 10.00. The van der Waals surface area contributed by atoms with E-state index in [1.165, 1.54) is 44.9 Å². The van der Waals surface area contributed by atoms with Crippen LogP contribution in [0.4, 0.5) is 0 Å². The van der Waals surface area contributed by atoms with Gasteiger partial charge in [-0.3, -0.25) is 9.59 Å². The molecule has 0 spiro atoms. The van der Waals surface area contributed by atoms with Crippen molar-refractivity contribution in [2.45, 2.75) is 84.0 Å². The molecule has 1 atom stereocenters. The minimum absolute atomic E-state index is 0.204. The van der Waals surface area contributed by atoms with E-state index in [-0.39, 0.29) is 6.42 Å². The number of hydrogen-bond acceptors (Lipinski definition) is 4. The molecule has 0 amide bonds. The van der Waals surface area contributed by atoms with Gasteiger partial charge in [0.25, 0.3) is 0 Å². The number of esters is 2. The number of rotatable bonds is 15. The van der Waals surface area contributed by atoms with Crippen molar-refractivity contribution in [3.63, 3.8) is 0 Å². The number of unbranched alkanes of at least 4 members (excludes halogenated alkanes) is 10. The predicted octanol–water partition coefficient (Wildman–Crippen LogP) is 4.64. The maximum absolute atomic E-state index is 11.6. The molecule has 0 aliphatic heterocycles.